The number of ether oxygens (including phenoxy) is 1. The number of fused-ring (bicyclic) bond motifs is 5. The monoisotopic (exact) mass is 818 g/mol. The summed E-state index contributed by atoms with van der Waals surface area (Å²) in [4.78, 5) is 60.6. The van der Waals surface area contributed by atoms with Gasteiger partial charge < -0.3 is 9.84 Å². The minimum atomic E-state index is -5.24. The van der Waals surface area contributed by atoms with Crippen molar-refractivity contribution in [1.82, 2.24) is 0 Å². The number of carbonyl (C=O) groups is 4. The minimum absolute atomic E-state index is 0.0572. The van der Waals surface area contributed by atoms with Crippen molar-refractivity contribution in [3.8, 4) is 11.5 Å². The quantitative estimate of drug-likeness (QED) is 0.126. The van der Waals surface area contributed by atoms with Crippen molar-refractivity contribution in [2.45, 2.75) is 37.0 Å². The molecule has 6 atom stereocenters. The summed E-state index contributed by atoms with van der Waals surface area (Å²) in [6.07, 6.45) is -7.49. The lowest BCUT2D eigenvalue weighted by Crippen LogP contribution is -2.55. The van der Waals surface area contributed by atoms with Gasteiger partial charge in [-0.05, 0) is 84.5 Å². The van der Waals surface area contributed by atoms with Crippen LogP contribution in [-0.2, 0) is 43.4 Å². The summed E-state index contributed by atoms with van der Waals surface area (Å²) in [5.74, 6) is -8.52. The molecule has 4 aromatic carbocycles. The van der Waals surface area contributed by atoms with Crippen molar-refractivity contribution in [2.75, 3.05) is 9.80 Å². The Bertz CT molecular complexity index is 2490. The Balaban J connectivity index is 1.23. The third-order valence-electron chi connectivity index (χ3n) is 12.1. The largest absolute Gasteiger partial charge is 0.508 e. The Morgan fingerprint density at radius 3 is 2.12 bits per heavy atom. The summed E-state index contributed by atoms with van der Waals surface area (Å²) in [6, 6.07) is 19.9. The van der Waals surface area contributed by atoms with Crippen molar-refractivity contribution >= 4 is 46.6 Å². The Morgan fingerprint density at radius 2 is 1.45 bits per heavy atom. The van der Waals surface area contributed by atoms with Crippen LogP contribution < -0.4 is 14.5 Å². The molecular formula is C43H29ClF6N2O6. The van der Waals surface area contributed by atoms with Crippen LogP contribution in [0.1, 0.15) is 35.1 Å². The average molecular weight is 819 g/mol. The van der Waals surface area contributed by atoms with Crippen LogP contribution >= 0.6 is 11.6 Å². The predicted octanol–water partition coefficient (Wildman–Crippen LogP) is 8.80. The van der Waals surface area contributed by atoms with Crippen molar-refractivity contribution in [3.05, 3.63) is 142 Å². The predicted molar refractivity (Wildman–Crippen MR) is 196 cm³/mol. The fourth-order valence-electron chi connectivity index (χ4n) is 9.88. The maximum atomic E-state index is 15.4. The summed E-state index contributed by atoms with van der Waals surface area (Å²) in [7, 11) is 0. The maximum absolute atomic E-state index is 15.4. The van der Waals surface area contributed by atoms with E-state index in [1.165, 1.54) is 24.5 Å². The topological polar surface area (TPSA) is 104 Å². The molecule has 1 saturated carbocycles. The number of anilines is 2. The van der Waals surface area contributed by atoms with Gasteiger partial charge >= 0.3 is 12.4 Å². The van der Waals surface area contributed by atoms with E-state index >= 15 is 4.79 Å². The zero-order valence-electron chi connectivity index (χ0n) is 29.9. The normalized spacial score (nSPS) is 26.7. The number of phenols is 1. The van der Waals surface area contributed by atoms with Crippen LogP contribution in [0.25, 0.3) is 0 Å². The molecule has 1 N–H and O–H groups in total. The molecule has 58 heavy (non-hydrogen) atoms. The number of nitrogens with zero attached hydrogens (tertiary/aromatic N) is 2. The fraction of sp³-hybridized carbons (Fsp3) is 0.256. The smallest absolute Gasteiger partial charge is 0.416 e. The lowest BCUT2D eigenvalue weighted by atomic mass is 9.48. The van der Waals surface area contributed by atoms with Gasteiger partial charge in [0.15, 0.2) is 0 Å². The summed E-state index contributed by atoms with van der Waals surface area (Å²) in [5, 5.41) is 10.7. The van der Waals surface area contributed by atoms with E-state index in [9.17, 15) is 45.8 Å². The number of carbonyl (C=O) groups excluding carboxylic acids is 4. The number of hydrogen-bond acceptors (Lipinski definition) is 6. The van der Waals surface area contributed by atoms with Crippen molar-refractivity contribution in [1.29, 1.82) is 0 Å². The summed E-state index contributed by atoms with van der Waals surface area (Å²) >= 11 is 6.35. The third kappa shape index (κ3) is 5.58. The fourth-order valence-corrected chi connectivity index (χ4v) is 10.1. The van der Waals surface area contributed by atoms with Gasteiger partial charge in [-0.2, -0.15) is 26.3 Å². The molecule has 2 saturated heterocycles. The van der Waals surface area contributed by atoms with Gasteiger partial charge in [-0.1, -0.05) is 59.6 Å². The number of alkyl halides is 6. The van der Waals surface area contributed by atoms with E-state index in [1.54, 1.807) is 60.7 Å². The number of hydrogen-bond donors (Lipinski definition) is 1. The standard InChI is InChI=1S/C43H29ClF6N2O6/c44-26-7-4-8-27(18-26)52-38(55)33-19-32-30(10-11-31-35(32)39(56)51(37(31)54)28-16-24(42(45,46)47)15-25(17-28)43(48,49)50)36(41(33,40(52)57)23-5-2-1-3-6-23)22-13-21-14-29(53)9-12-34(21)58-20-22/h1-10,12,14-18,20,31-33,35-36,53H,11,13,19H2/t31-,32+,33-,35-,36-,41+/m0/s1. The average Bonchev–Trinajstić information content (AvgIpc) is 3.57. The Labute approximate surface area is 330 Å². The highest BCUT2D eigenvalue weighted by molar-refractivity contribution is 6.32. The molecule has 4 amide bonds. The molecule has 0 bridgehead atoms. The maximum Gasteiger partial charge on any atom is 0.416 e. The van der Waals surface area contributed by atoms with E-state index < -0.39 is 87.8 Å². The number of phenolic OH excluding ortho intramolecular Hbond substituents is 1. The molecule has 0 unspecified atom stereocenters. The zero-order valence-corrected chi connectivity index (χ0v) is 30.6. The molecule has 4 aromatic rings. The van der Waals surface area contributed by atoms with Gasteiger partial charge in [0, 0.05) is 22.9 Å². The molecule has 3 heterocycles. The number of amides is 4. The van der Waals surface area contributed by atoms with Crippen LogP contribution in [0, 0.1) is 29.6 Å². The van der Waals surface area contributed by atoms with Gasteiger partial charge in [0.1, 0.15) is 11.5 Å². The van der Waals surface area contributed by atoms with Crippen LogP contribution in [0.3, 0.4) is 0 Å². The molecule has 0 radical (unpaired) electrons. The number of allylic oxidation sites excluding steroid dienone is 3. The molecule has 3 fully saturated rings. The van der Waals surface area contributed by atoms with Gasteiger partial charge in [-0.3, -0.25) is 19.2 Å². The van der Waals surface area contributed by atoms with Gasteiger partial charge in [0.25, 0.3) is 0 Å². The Hall–Kier alpha value is -5.89. The molecule has 5 aliphatic rings. The molecule has 0 spiro atoms. The van der Waals surface area contributed by atoms with Crippen molar-refractivity contribution < 1.29 is 55.4 Å². The second-order valence-electron chi connectivity index (χ2n) is 15.1. The van der Waals surface area contributed by atoms with Crippen LogP contribution in [0.5, 0.6) is 11.5 Å². The zero-order chi connectivity index (χ0) is 41.1. The summed E-state index contributed by atoms with van der Waals surface area (Å²) in [5.41, 5.74) is -3.73. The molecule has 0 aromatic heterocycles. The molecule has 2 aliphatic carbocycles. The molecule has 8 nitrogen and oxygen atoms in total. The number of aromatic hydroxyl groups is 1. The van der Waals surface area contributed by atoms with E-state index in [0.29, 0.717) is 45.1 Å². The molecule has 296 valence electrons. The first-order valence-electron chi connectivity index (χ1n) is 18.2. The highest BCUT2D eigenvalue weighted by Crippen LogP contribution is 2.64. The van der Waals surface area contributed by atoms with Crippen LogP contribution in [0.2, 0.25) is 5.02 Å². The van der Waals surface area contributed by atoms with E-state index in [2.05, 4.69) is 0 Å². The van der Waals surface area contributed by atoms with E-state index in [4.69, 9.17) is 16.3 Å². The number of halogens is 7. The van der Waals surface area contributed by atoms with Gasteiger partial charge in [-0.25, -0.2) is 9.80 Å². The second-order valence-corrected chi connectivity index (χ2v) is 15.6. The number of rotatable bonds is 4. The molecule has 9 rings (SSSR count). The lowest BCUT2D eigenvalue weighted by molar-refractivity contribution is -0.143. The van der Waals surface area contributed by atoms with Crippen molar-refractivity contribution in [2.24, 2.45) is 29.6 Å². The van der Waals surface area contributed by atoms with Gasteiger partial charge in [-0.15, -0.1) is 0 Å². The van der Waals surface area contributed by atoms with Crippen LogP contribution in [0.4, 0.5) is 37.7 Å². The first kappa shape index (κ1) is 37.7. The van der Waals surface area contributed by atoms with Crippen LogP contribution in [-0.4, -0.2) is 28.7 Å². The first-order chi connectivity index (χ1) is 27.5. The SMILES string of the molecule is O=C1[C@H]2[C@H](CC=C3[C@H](C4=COc5ccc(O)cc5C4)[C@]4(c5ccccc5)C(=O)N(c5cccc(Cl)c5)C(=O)[C@@H]4C[C@H]32)C(=O)N1c1cc(C(F)(F)F)cc(C(F)(F)F)c1. The summed E-state index contributed by atoms with van der Waals surface area (Å²) in [6.45, 7) is 0. The highest BCUT2D eigenvalue weighted by atomic mass is 35.5. The first-order valence-corrected chi connectivity index (χ1v) is 18.6. The lowest BCUT2D eigenvalue weighted by Gasteiger charge is -2.51. The molecule has 15 heteroatoms. The Kier molecular flexibility index (Phi) is 8.49. The van der Waals surface area contributed by atoms with E-state index in [0.717, 1.165) is 4.90 Å². The minimum Gasteiger partial charge on any atom is -0.508 e. The van der Waals surface area contributed by atoms with Crippen LogP contribution in [0.15, 0.2) is 114 Å². The summed E-state index contributed by atoms with van der Waals surface area (Å²) < 4.78 is 89.8. The number of imide groups is 2. The van der Waals surface area contributed by atoms with Crippen molar-refractivity contribution in [3.63, 3.8) is 0 Å². The number of benzene rings is 4. The molecule has 3 aliphatic heterocycles. The van der Waals surface area contributed by atoms with E-state index in [-0.39, 0.29) is 41.8 Å². The Morgan fingerprint density at radius 1 is 0.741 bits per heavy atom. The molecular weight excluding hydrogens is 790 g/mol. The van der Waals surface area contributed by atoms with E-state index in [1.807, 2.05) is 0 Å². The highest BCUT2D eigenvalue weighted by Gasteiger charge is 2.70. The van der Waals surface area contributed by atoms with Gasteiger partial charge in [0.2, 0.25) is 23.6 Å². The third-order valence-corrected chi connectivity index (χ3v) is 12.4. The second kappa shape index (κ2) is 13.1. The van der Waals surface area contributed by atoms with Gasteiger partial charge in [0.05, 0.1) is 51.9 Å².